The fourth-order valence-corrected chi connectivity index (χ4v) is 4.31. The lowest BCUT2D eigenvalue weighted by Crippen LogP contribution is -2.32. The van der Waals surface area contributed by atoms with Crippen LogP contribution in [0.2, 0.25) is 0 Å². The molecule has 0 unspecified atom stereocenters. The van der Waals surface area contributed by atoms with Crippen molar-refractivity contribution in [2.45, 2.75) is 25.9 Å². The molecule has 118 valence electrons. The molecule has 23 heavy (non-hydrogen) atoms. The molecule has 0 amide bonds. The average Bonchev–Trinajstić information content (AvgIpc) is 2.98. The van der Waals surface area contributed by atoms with Crippen LogP contribution in [0.3, 0.4) is 0 Å². The number of phenolic OH excluding ortho intramolecular Hbond substituents is 1. The summed E-state index contributed by atoms with van der Waals surface area (Å²) in [5, 5.41) is 12.6. The first-order valence-corrected chi connectivity index (χ1v) is 8.56. The van der Waals surface area contributed by atoms with E-state index < -0.39 is 0 Å². The van der Waals surface area contributed by atoms with E-state index in [-0.39, 0.29) is 11.4 Å². The Bertz CT molecular complexity index is 927. The van der Waals surface area contributed by atoms with Crippen LogP contribution in [0.5, 0.6) is 5.75 Å². The van der Waals surface area contributed by atoms with E-state index in [2.05, 4.69) is 23.3 Å². The molecule has 4 rings (SSSR count). The third-order valence-electron chi connectivity index (χ3n) is 4.59. The van der Waals surface area contributed by atoms with Crippen LogP contribution >= 0.6 is 11.3 Å². The van der Waals surface area contributed by atoms with Crippen molar-refractivity contribution in [2.24, 2.45) is 0 Å². The molecular weight excluding hydrogens is 310 g/mol. The maximum absolute atomic E-state index is 11.8. The molecule has 1 aromatic carbocycles. The second-order valence-electron chi connectivity index (χ2n) is 5.97. The molecule has 0 radical (unpaired) electrons. The smallest absolute Gasteiger partial charge is 0.336 e. The minimum atomic E-state index is -0.376. The van der Waals surface area contributed by atoms with Crippen LogP contribution in [-0.4, -0.2) is 16.6 Å². The third kappa shape index (κ3) is 2.56. The second-order valence-corrected chi connectivity index (χ2v) is 6.97. The lowest BCUT2D eigenvalue weighted by atomic mass is 10.00. The van der Waals surface area contributed by atoms with Crippen molar-refractivity contribution in [3.63, 3.8) is 0 Å². The van der Waals surface area contributed by atoms with Gasteiger partial charge in [0.1, 0.15) is 11.3 Å². The number of hydrogen-bond acceptors (Lipinski definition) is 5. The number of benzene rings is 1. The van der Waals surface area contributed by atoms with Gasteiger partial charge in [0.25, 0.3) is 0 Å². The summed E-state index contributed by atoms with van der Waals surface area (Å²) in [4.78, 5) is 15.7. The highest BCUT2D eigenvalue weighted by Crippen LogP contribution is 2.34. The van der Waals surface area contributed by atoms with Crippen LogP contribution in [0.1, 0.15) is 29.0 Å². The zero-order valence-corrected chi connectivity index (χ0v) is 13.6. The molecule has 4 nitrogen and oxygen atoms in total. The molecule has 3 aromatic rings. The number of nitrogens with zero attached hydrogens (tertiary/aromatic N) is 1. The molecule has 0 aliphatic carbocycles. The Morgan fingerprint density at radius 1 is 1.35 bits per heavy atom. The lowest BCUT2D eigenvalue weighted by molar-refractivity contribution is 0.192. The summed E-state index contributed by atoms with van der Waals surface area (Å²) in [6.07, 6.45) is 1.05. The monoisotopic (exact) mass is 327 g/mol. The molecule has 1 aliphatic heterocycles. The van der Waals surface area contributed by atoms with Gasteiger partial charge in [0.2, 0.25) is 0 Å². The van der Waals surface area contributed by atoms with E-state index >= 15 is 0 Å². The first-order valence-electron chi connectivity index (χ1n) is 7.68. The van der Waals surface area contributed by atoms with Gasteiger partial charge < -0.3 is 9.52 Å². The van der Waals surface area contributed by atoms with Gasteiger partial charge in [-0.3, -0.25) is 4.90 Å². The van der Waals surface area contributed by atoms with E-state index in [0.29, 0.717) is 18.2 Å². The van der Waals surface area contributed by atoms with E-state index in [1.54, 1.807) is 12.1 Å². The van der Waals surface area contributed by atoms with E-state index in [9.17, 15) is 9.90 Å². The lowest BCUT2D eigenvalue weighted by Gasteiger charge is -2.33. The number of aromatic hydroxyl groups is 1. The standard InChI is InChI=1S/C18H17NO3S/c1-11-14-5-7-23-17(14)4-6-19(11)10-12-8-18(21)22-16-9-13(20)2-3-15(12)16/h2-3,5,7-9,11,20H,4,6,10H2,1H3/t11-/m1/s1. The first-order chi connectivity index (χ1) is 11.1. The van der Waals surface area contributed by atoms with Crippen molar-refractivity contribution in [3.05, 3.63) is 62.1 Å². The molecule has 0 fully saturated rings. The van der Waals surface area contributed by atoms with Gasteiger partial charge in [0, 0.05) is 41.5 Å². The molecule has 0 saturated heterocycles. The Morgan fingerprint density at radius 3 is 3.09 bits per heavy atom. The summed E-state index contributed by atoms with van der Waals surface area (Å²) in [5.41, 5.74) is 2.40. The number of thiophene rings is 1. The van der Waals surface area contributed by atoms with Gasteiger partial charge in [-0.05, 0) is 48.1 Å². The summed E-state index contributed by atoms with van der Waals surface area (Å²) in [7, 11) is 0. The van der Waals surface area contributed by atoms with Gasteiger partial charge in [0.15, 0.2) is 0 Å². The Hall–Kier alpha value is -2.11. The van der Waals surface area contributed by atoms with Crippen molar-refractivity contribution in [3.8, 4) is 5.75 Å². The van der Waals surface area contributed by atoms with E-state index in [1.165, 1.54) is 16.5 Å². The van der Waals surface area contributed by atoms with Crippen LogP contribution in [0, 0.1) is 0 Å². The maximum Gasteiger partial charge on any atom is 0.336 e. The number of rotatable bonds is 2. The second kappa shape index (κ2) is 5.51. The molecule has 3 heterocycles. The normalized spacial score (nSPS) is 18.2. The number of phenols is 1. The predicted molar refractivity (Wildman–Crippen MR) is 91.0 cm³/mol. The van der Waals surface area contributed by atoms with Crippen LogP contribution in [0.4, 0.5) is 0 Å². The van der Waals surface area contributed by atoms with Crippen molar-refractivity contribution in [1.82, 2.24) is 4.90 Å². The molecule has 5 heteroatoms. The topological polar surface area (TPSA) is 53.7 Å². The molecule has 0 spiro atoms. The average molecular weight is 327 g/mol. The van der Waals surface area contributed by atoms with Crippen molar-refractivity contribution < 1.29 is 9.52 Å². The van der Waals surface area contributed by atoms with Crippen molar-refractivity contribution >= 4 is 22.3 Å². The largest absolute Gasteiger partial charge is 0.508 e. The van der Waals surface area contributed by atoms with Gasteiger partial charge in [0.05, 0.1) is 0 Å². The summed E-state index contributed by atoms with van der Waals surface area (Å²) < 4.78 is 5.21. The molecule has 2 aromatic heterocycles. The minimum absolute atomic E-state index is 0.104. The highest BCUT2D eigenvalue weighted by atomic mass is 32.1. The Morgan fingerprint density at radius 2 is 2.22 bits per heavy atom. The molecule has 0 saturated carbocycles. The van der Waals surface area contributed by atoms with E-state index in [0.717, 1.165) is 23.9 Å². The predicted octanol–water partition coefficient (Wildman–Crippen LogP) is 3.68. The van der Waals surface area contributed by atoms with Crippen LogP contribution in [-0.2, 0) is 13.0 Å². The zero-order valence-electron chi connectivity index (χ0n) is 12.8. The highest BCUT2D eigenvalue weighted by molar-refractivity contribution is 7.10. The molecule has 1 N–H and O–H groups in total. The maximum atomic E-state index is 11.8. The quantitative estimate of drug-likeness (QED) is 0.730. The van der Waals surface area contributed by atoms with Gasteiger partial charge in [-0.25, -0.2) is 4.79 Å². The third-order valence-corrected chi connectivity index (χ3v) is 5.59. The fraction of sp³-hybridized carbons (Fsp3) is 0.278. The van der Waals surface area contributed by atoms with Crippen LogP contribution in [0.25, 0.3) is 11.0 Å². The number of fused-ring (bicyclic) bond motifs is 2. The zero-order chi connectivity index (χ0) is 16.0. The fourth-order valence-electron chi connectivity index (χ4n) is 3.35. The van der Waals surface area contributed by atoms with Gasteiger partial charge in [-0.15, -0.1) is 11.3 Å². The summed E-state index contributed by atoms with van der Waals surface area (Å²) in [6, 6.07) is 9.04. The Balaban J connectivity index is 1.72. The van der Waals surface area contributed by atoms with E-state index in [1.807, 2.05) is 17.4 Å². The molecule has 0 bridgehead atoms. The van der Waals surface area contributed by atoms with Crippen molar-refractivity contribution in [1.29, 1.82) is 0 Å². The summed E-state index contributed by atoms with van der Waals surface area (Å²) in [5.74, 6) is 0.104. The summed E-state index contributed by atoms with van der Waals surface area (Å²) >= 11 is 1.82. The SMILES string of the molecule is C[C@@H]1c2ccsc2CCN1Cc1cc(=O)oc2cc(O)ccc12. The highest BCUT2D eigenvalue weighted by Gasteiger charge is 2.25. The van der Waals surface area contributed by atoms with Crippen LogP contribution in [0.15, 0.2) is 44.9 Å². The number of hydrogen-bond donors (Lipinski definition) is 1. The van der Waals surface area contributed by atoms with Gasteiger partial charge in [-0.1, -0.05) is 0 Å². The van der Waals surface area contributed by atoms with E-state index in [4.69, 9.17) is 4.42 Å². The first kappa shape index (κ1) is 14.5. The van der Waals surface area contributed by atoms with Crippen molar-refractivity contribution in [2.75, 3.05) is 6.54 Å². The van der Waals surface area contributed by atoms with Gasteiger partial charge >= 0.3 is 5.63 Å². The molecule has 1 atom stereocenters. The molecular formula is C18H17NO3S. The molecule has 1 aliphatic rings. The Kier molecular flexibility index (Phi) is 3.47. The van der Waals surface area contributed by atoms with Gasteiger partial charge in [-0.2, -0.15) is 0 Å². The summed E-state index contributed by atoms with van der Waals surface area (Å²) in [6.45, 7) is 3.89. The Labute approximate surface area is 137 Å². The minimum Gasteiger partial charge on any atom is -0.508 e. The van der Waals surface area contributed by atoms with Crippen LogP contribution < -0.4 is 5.63 Å².